The van der Waals surface area contributed by atoms with Crippen molar-refractivity contribution in [3.63, 3.8) is 0 Å². The maximum Gasteiger partial charge on any atom is 0.198 e. The van der Waals surface area contributed by atoms with Crippen LogP contribution in [-0.2, 0) is 15.9 Å². The summed E-state index contributed by atoms with van der Waals surface area (Å²) in [5, 5.41) is 10.6. The lowest BCUT2D eigenvalue weighted by Crippen LogP contribution is -2.48. The van der Waals surface area contributed by atoms with Gasteiger partial charge in [-0.2, -0.15) is 0 Å². The zero-order valence-electron chi connectivity index (χ0n) is 14.4. The summed E-state index contributed by atoms with van der Waals surface area (Å²) in [6.07, 6.45) is 7.90. The molecule has 3 nitrogen and oxygen atoms in total. The molecule has 1 atom stereocenters. The van der Waals surface area contributed by atoms with Crippen LogP contribution in [0.25, 0.3) is 0 Å². The van der Waals surface area contributed by atoms with Gasteiger partial charge < -0.3 is 14.6 Å². The summed E-state index contributed by atoms with van der Waals surface area (Å²) in [7, 11) is 3.22. The summed E-state index contributed by atoms with van der Waals surface area (Å²) in [6.45, 7) is 2.22. The van der Waals surface area contributed by atoms with Crippen molar-refractivity contribution < 1.29 is 14.6 Å². The fourth-order valence-corrected chi connectivity index (χ4v) is 2.84. The van der Waals surface area contributed by atoms with Crippen molar-refractivity contribution in [2.75, 3.05) is 14.2 Å². The van der Waals surface area contributed by atoms with Crippen molar-refractivity contribution >= 4 is 0 Å². The molecule has 0 saturated heterocycles. The summed E-state index contributed by atoms with van der Waals surface area (Å²) in [5.74, 6) is -0.954. The van der Waals surface area contributed by atoms with Crippen LogP contribution in [0.15, 0.2) is 30.3 Å². The van der Waals surface area contributed by atoms with Gasteiger partial charge in [0.1, 0.15) is 6.10 Å². The smallest absolute Gasteiger partial charge is 0.198 e. The van der Waals surface area contributed by atoms with Gasteiger partial charge in [-0.05, 0) is 12.0 Å². The van der Waals surface area contributed by atoms with E-state index in [9.17, 15) is 5.11 Å². The van der Waals surface area contributed by atoms with Crippen LogP contribution in [0.1, 0.15) is 57.4 Å². The molecule has 0 amide bonds. The minimum atomic E-state index is -0.954. The molecule has 0 aliphatic rings. The highest BCUT2D eigenvalue weighted by Gasteiger charge is 2.38. The van der Waals surface area contributed by atoms with Crippen molar-refractivity contribution in [1.82, 2.24) is 0 Å². The summed E-state index contributed by atoms with van der Waals surface area (Å²) in [4.78, 5) is 0. The van der Waals surface area contributed by atoms with Crippen molar-refractivity contribution in [1.29, 1.82) is 0 Å². The van der Waals surface area contributed by atoms with Gasteiger partial charge in [0.05, 0.1) is 0 Å². The number of hydrogen-bond donors (Lipinski definition) is 1. The van der Waals surface area contributed by atoms with E-state index in [1.165, 1.54) is 25.7 Å². The standard InChI is InChI=1S/C19H32O3/c1-4-5-6-7-8-12-15-18(20)19(21-2,22-3)16-17-13-10-9-11-14-17/h9-11,13-14,18,20H,4-8,12,15-16H2,1-3H3. The number of aliphatic hydroxyl groups excluding tert-OH is 1. The Labute approximate surface area is 135 Å². The maximum atomic E-state index is 10.6. The third-order valence-corrected chi connectivity index (χ3v) is 4.32. The van der Waals surface area contributed by atoms with E-state index < -0.39 is 11.9 Å². The van der Waals surface area contributed by atoms with Crippen LogP contribution in [0.2, 0.25) is 0 Å². The molecule has 0 aliphatic carbocycles. The quantitative estimate of drug-likeness (QED) is 0.461. The van der Waals surface area contributed by atoms with E-state index in [4.69, 9.17) is 9.47 Å². The van der Waals surface area contributed by atoms with Gasteiger partial charge in [-0.25, -0.2) is 0 Å². The summed E-state index contributed by atoms with van der Waals surface area (Å²) in [5.41, 5.74) is 1.10. The average Bonchev–Trinajstić information content (AvgIpc) is 2.56. The van der Waals surface area contributed by atoms with E-state index >= 15 is 0 Å². The van der Waals surface area contributed by atoms with Crippen LogP contribution in [0.4, 0.5) is 0 Å². The first-order valence-electron chi connectivity index (χ1n) is 8.50. The lowest BCUT2D eigenvalue weighted by molar-refractivity contribution is -0.259. The molecule has 0 fully saturated rings. The molecule has 1 N–H and O–H groups in total. The third-order valence-electron chi connectivity index (χ3n) is 4.32. The molecule has 0 spiro atoms. The fourth-order valence-electron chi connectivity index (χ4n) is 2.84. The molecule has 0 bridgehead atoms. The monoisotopic (exact) mass is 308 g/mol. The molecule has 126 valence electrons. The lowest BCUT2D eigenvalue weighted by Gasteiger charge is -2.35. The Morgan fingerprint density at radius 3 is 2.14 bits per heavy atom. The summed E-state index contributed by atoms with van der Waals surface area (Å²) in [6, 6.07) is 10.0. The summed E-state index contributed by atoms with van der Waals surface area (Å²) >= 11 is 0. The van der Waals surface area contributed by atoms with Gasteiger partial charge in [0.2, 0.25) is 0 Å². The Hall–Kier alpha value is -0.900. The van der Waals surface area contributed by atoms with Gasteiger partial charge in [-0.15, -0.1) is 0 Å². The van der Waals surface area contributed by atoms with E-state index in [-0.39, 0.29) is 0 Å². The topological polar surface area (TPSA) is 38.7 Å². The van der Waals surface area contributed by atoms with Crippen LogP contribution in [-0.4, -0.2) is 31.2 Å². The first kappa shape index (κ1) is 19.1. The van der Waals surface area contributed by atoms with Crippen molar-refractivity contribution in [2.24, 2.45) is 0 Å². The van der Waals surface area contributed by atoms with E-state index in [1.807, 2.05) is 30.3 Å². The molecule has 0 aromatic heterocycles. The molecule has 3 heteroatoms. The van der Waals surface area contributed by atoms with Crippen LogP contribution in [0.5, 0.6) is 0 Å². The largest absolute Gasteiger partial charge is 0.387 e. The molecule has 1 aromatic carbocycles. The molecule has 0 aliphatic heterocycles. The van der Waals surface area contributed by atoms with E-state index in [2.05, 4.69) is 6.92 Å². The number of rotatable bonds is 12. The Balaban J connectivity index is 2.49. The molecule has 1 aromatic rings. The number of benzene rings is 1. The molecular formula is C19H32O3. The fraction of sp³-hybridized carbons (Fsp3) is 0.684. The normalized spacial score (nSPS) is 13.3. The Morgan fingerprint density at radius 1 is 0.955 bits per heavy atom. The van der Waals surface area contributed by atoms with E-state index in [0.717, 1.165) is 18.4 Å². The molecule has 1 rings (SSSR count). The van der Waals surface area contributed by atoms with Crippen LogP contribution in [0, 0.1) is 0 Å². The highest BCUT2D eigenvalue weighted by atomic mass is 16.7. The molecule has 0 heterocycles. The van der Waals surface area contributed by atoms with Gasteiger partial charge in [0.25, 0.3) is 0 Å². The minimum absolute atomic E-state index is 0.553. The SMILES string of the molecule is CCCCCCCCC(O)C(Cc1ccccc1)(OC)OC. The summed E-state index contributed by atoms with van der Waals surface area (Å²) < 4.78 is 11.2. The predicted molar refractivity (Wildman–Crippen MR) is 90.9 cm³/mol. The van der Waals surface area contributed by atoms with Gasteiger partial charge in [0.15, 0.2) is 5.79 Å². The van der Waals surface area contributed by atoms with Crippen LogP contribution < -0.4 is 0 Å². The molecule has 0 radical (unpaired) electrons. The molecule has 22 heavy (non-hydrogen) atoms. The second-order valence-corrected chi connectivity index (χ2v) is 5.95. The van der Waals surface area contributed by atoms with Gasteiger partial charge in [-0.1, -0.05) is 75.8 Å². The second kappa shape index (κ2) is 10.8. The first-order valence-corrected chi connectivity index (χ1v) is 8.50. The zero-order valence-corrected chi connectivity index (χ0v) is 14.4. The third kappa shape index (κ3) is 6.07. The highest BCUT2D eigenvalue weighted by Crippen LogP contribution is 2.26. The maximum absolute atomic E-state index is 10.6. The molecule has 0 saturated carbocycles. The van der Waals surface area contributed by atoms with Gasteiger partial charge in [-0.3, -0.25) is 0 Å². The lowest BCUT2D eigenvalue weighted by atomic mass is 9.95. The number of unbranched alkanes of at least 4 members (excludes halogenated alkanes) is 5. The van der Waals surface area contributed by atoms with Crippen molar-refractivity contribution in [3.05, 3.63) is 35.9 Å². The number of hydrogen-bond acceptors (Lipinski definition) is 3. The Morgan fingerprint density at radius 2 is 1.55 bits per heavy atom. The number of ether oxygens (including phenoxy) is 2. The Kier molecular flexibility index (Phi) is 9.37. The first-order chi connectivity index (χ1) is 10.7. The second-order valence-electron chi connectivity index (χ2n) is 5.95. The van der Waals surface area contributed by atoms with Gasteiger partial charge in [0, 0.05) is 20.6 Å². The Bertz CT molecular complexity index is 374. The van der Waals surface area contributed by atoms with E-state index in [0.29, 0.717) is 12.8 Å². The van der Waals surface area contributed by atoms with Crippen molar-refractivity contribution in [3.8, 4) is 0 Å². The van der Waals surface area contributed by atoms with Crippen LogP contribution in [0.3, 0.4) is 0 Å². The molecule has 1 unspecified atom stereocenters. The van der Waals surface area contributed by atoms with Crippen molar-refractivity contribution in [2.45, 2.75) is 70.2 Å². The van der Waals surface area contributed by atoms with Crippen LogP contribution >= 0.6 is 0 Å². The average molecular weight is 308 g/mol. The number of methoxy groups -OCH3 is 2. The van der Waals surface area contributed by atoms with E-state index in [1.54, 1.807) is 14.2 Å². The predicted octanol–water partition coefficient (Wildman–Crippen LogP) is 4.33. The minimum Gasteiger partial charge on any atom is -0.387 e. The zero-order chi connectivity index (χ0) is 16.3. The molecular weight excluding hydrogens is 276 g/mol. The van der Waals surface area contributed by atoms with Gasteiger partial charge >= 0.3 is 0 Å². The highest BCUT2D eigenvalue weighted by molar-refractivity contribution is 5.16. The number of aliphatic hydroxyl groups is 1.